The van der Waals surface area contributed by atoms with Gasteiger partial charge in [-0.15, -0.1) is 0 Å². The number of carbonyl (C=O) groups excluding carboxylic acids is 2. The number of benzene rings is 2. The summed E-state index contributed by atoms with van der Waals surface area (Å²) in [6.45, 7) is 3.03. The lowest BCUT2D eigenvalue weighted by molar-refractivity contribution is -0.161. The molecule has 0 aromatic heterocycles. The van der Waals surface area contributed by atoms with Crippen molar-refractivity contribution in [2.45, 2.75) is 44.8 Å². The number of rotatable bonds is 9. The van der Waals surface area contributed by atoms with Gasteiger partial charge in [-0.25, -0.2) is 9.59 Å². The van der Waals surface area contributed by atoms with Crippen molar-refractivity contribution in [3.05, 3.63) is 59.7 Å². The standard InChI is InChI=1S/C25H27F3N2O5/c1-24(2,22(33)30-20(21(31)32)13-25(26,27)28)11-12-29-23(34)35-14-19-17-9-5-3-7-15(17)16-8-4-6-10-18(16)19/h3-10,19-20H,11-14H2,1-2H3,(H,29,34)(H,30,33)(H,31,32). The molecular formula is C25H27F3N2O5. The minimum Gasteiger partial charge on any atom is -0.480 e. The average molecular weight is 492 g/mol. The number of aliphatic carboxylic acids is 1. The third-order valence-corrected chi connectivity index (χ3v) is 6.02. The minimum atomic E-state index is -4.74. The van der Waals surface area contributed by atoms with Gasteiger partial charge >= 0.3 is 18.2 Å². The highest BCUT2D eigenvalue weighted by Gasteiger charge is 2.38. The summed E-state index contributed by atoms with van der Waals surface area (Å²) < 4.78 is 43.1. The third-order valence-electron chi connectivity index (χ3n) is 6.02. The number of alkyl carbamates (subject to hydrolysis) is 1. The van der Waals surface area contributed by atoms with Crippen LogP contribution in [0, 0.1) is 5.41 Å². The van der Waals surface area contributed by atoms with Crippen molar-refractivity contribution in [3.8, 4) is 11.1 Å². The summed E-state index contributed by atoms with van der Waals surface area (Å²) >= 11 is 0. The zero-order chi connectivity index (χ0) is 25.8. The Labute approximate surface area is 200 Å². The fourth-order valence-electron chi connectivity index (χ4n) is 4.03. The summed E-state index contributed by atoms with van der Waals surface area (Å²) in [4.78, 5) is 35.7. The molecule has 0 saturated carbocycles. The van der Waals surface area contributed by atoms with Gasteiger partial charge in [-0.2, -0.15) is 13.2 Å². The highest BCUT2D eigenvalue weighted by atomic mass is 19.4. The maximum Gasteiger partial charge on any atom is 0.407 e. The molecule has 0 aliphatic heterocycles. The van der Waals surface area contributed by atoms with Gasteiger partial charge in [0.1, 0.15) is 12.6 Å². The Hall–Kier alpha value is -3.56. The smallest absolute Gasteiger partial charge is 0.407 e. The largest absolute Gasteiger partial charge is 0.480 e. The van der Waals surface area contributed by atoms with Gasteiger partial charge in [0.25, 0.3) is 0 Å². The van der Waals surface area contributed by atoms with Crippen molar-refractivity contribution >= 4 is 18.0 Å². The molecule has 0 saturated heterocycles. The van der Waals surface area contributed by atoms with Gasteiger partial charge in [0.15, 0.2) is 0 Å². The van der Waals surface area contributed by atoms with Crippen molar-refractivity contribution < 1.29 is 37.4 Å². The summed E-state index contributed by atoms with van der Waals surface area (Å²) in [6.07, 6.45) is -7.06. The monoisotopic (exact) mass is 492 g/mol. The Morgan fingerprint density at radius 3 is 2.06 bits per heavy atom. The molecule has 0 bridgehead atoms. The SMILES string of the molecule is CC(C)(CCNC(=O)OCC1c2ccccc2-c2ccccc21)C(=O)NC(CC(F)(F)F)C(=O)O. The van der Waals surface area contributed by atoms with Crippen LogP contribution in [0.25, 0.3) is 11.1 Å². The van der Waals surface area contributed by atoms with Crippen LogP contribution in [0.15, 0.2) is 48.5 Å². The first-order valence-electron chi connectivity index (χ1n) is 11.1. The van der Waals surface area contributed by atoms with Crippen LogP contribution < -0.4 is 10.6 Å². The van der Waals surface area contributed by atoms with Gasteiger partial charge in [-0.1, -0.05) is 62.4 Å². The Balaban J connectivity index is 1.50. The highest BCUT2D eigenvalue weighted by molar-refractivity contribution is 5.87. The number of halogens is 3. The number of nitrogens with one attached hydrogen (secondary N) is 2. The molecule has 0 radical (unpaired) electrons. The van der Waals surface area contributed by atoms with Crippen molar-refractivity contribution in [3.63, 3.8) is 0 Å². The van der Waals surface area contributed by atoms with Gasteiger partial charge in [0.2, 0.25) is 5.91 Å². The van der Waals surface area contributed by atoms with E-state index in [0.717, 1.165) is 22.3 Å². The van der Waals surface area contributed by atoms with E-state index in [-0.39, 0.29) is 25.5 Å². The average Bonchev–Trinajstić information content (AvgIpc) is 3.10. The second-order valence-electron chi connectivity index (χ2n) is 9.07. The summed E-state index contributed by atoms with van der Waals surface area (Å²) in [5, 5.41) is 13.5. The fraction of sp³-hybridized carbons (Fsp3) is 0.400. The number of fused-ring (bicyclic) bond motifs is 3. The Morgan fingerprint density at radius 1 is 1.00 bits per heavy atom. The maximum atomic E-state index is 12.6. The molecular weight excluding hydrogens is 465 g/mol. The number of carboxylic acid groups (broad SMARTS) is 1. The Bertz CT molecular complexity index is 1060. The van der Waals surface area contributed by atoms with Gasteiger partial charge in [-0.3, -0.25) is 4.79 Å². The number of ether oxygens (including phenoxy) is 1. The molecule has 0 fully saturated rings. The van der Waals surface area contributed by atoms with E-state index in [1.54, 1.807) is 0 Å². The van der Waals surface area contributed by atoms with E-state index in [1.807, 2.05) is 53.8 Å². The second kappa shape index (κ2) is 10.4. The summed E-state index contributed by atoms with van der Waals surface area (Å²) in [5.74, 6) is -2.75. The molecule has 1 aliphatic rings. The maximum absolute atomic E-state index is 12.6. The molecule has 2 aromatic carbocycles. The molecule has 188 valence electrons. The van der Waals surface area contributed by atoms with Crippen LogP contribution in [0.1, 0.15) is 43.7 Å². The lowest BCUT2D eigenvalue weighted by Gasteiger charge is -2.26. The summed E-state index contributed by atoms with van der Waals surface area (Å²) in [6, 6.07) is 13.7. The third kappa shape index (κ3) is 6.52. The van der Waals surface area contributed by atoms with Crippen molar-refractivity contribution in [1.82, 2.24) is 10.6 Å². The summed E-state index contributed by atoms with van der Waals surface area (Å²) in [5.41, 5.74) is 3.08. The van der Waals surface area contributed by atoms with E-state index in [1.165, 1.54) is 13.8 Å². The molecule has 10 heteroatoms. The first kappa shape index (κ1) is 26.1. The van der Waals surface area contributed by atoms with Gasteiger partial charge in [0.05, 0.1) is 6.42 Å². The van der Waals surface area contributed by atoms with Crippen LogP contribution in [0.4, 0.5) is 18.0 Å². The van der Waals surface area contributed by atoms with Gasteiger partial charge < -0.3 is 20.5 Å². The molecule has 2 aromatic rings. The van der Waals surface area contributed by atoms with E-state index in [4.69, 9.17) is 9.84 Å². The number of hydrogen-bond donors (Lipinski definition) is 3. The fourth-order valence-corrected chi connectivity index (χ4v) is 4.03. The molecule has 2 amide bonds. The van der Waals surface area contributed by atoms with E-state index in [9.17, 15) is 27.6 Å². The first-order chi connectivity index (χ1) is 16.4. The topological polar surface area (TPSA) is 105 Å². The predicted octanol–water partition coefficient (Wildman–Crippen LogP) is 4.46. The number of carbonyl (C=O) groups is 3. The zero-order valence-electron chi connectivity index (χ0n) is 19.3. The molecule has 3 rings (SSSR count). The number of alkyl halides is 3. The Kier molecular flexibility index (Phi) is 7.72. The van der Waals surface area contributed by atoms with Crippen molar-refractivity contribution in [2.24, 2.45) is 5.41 Å². The van der Waals surface area contributed by atoms with Gasteiger partial charge in [-0.05, 0) is 28.7 Å². The Morgan fingerprint density at radius 2 is 1.54 bits per heavy atom. The molecule has 35 heavy (non-hydrogen) atoms. The normalized spacial score (nSPS) is 14.0. The van der Waals surface area contributed by atoms with Gasteiger partial charge in [0, 0.05) is 17.9 Å². The number of hydrogen-bond acceptors (Lipinski definition) is 4. The lowest BCUT2D eigenvalue weighted by atomic mass is 9.87. The molecule has 1 atom stereocenters. The number of carboxylic acids is 1. The molecule has 7 nitrogen and oxygen atoms in total. The molecule has 1 aliphatic carbocycles. The van der Waals surface area contributed by atoms with Crippen LogP contribution in [0.2, 0.25) is 0 Å². The molecule has 1 unspecified atom stereocenters. The summed E-state index contributed by atoms with van der Waals surface area (Å²) in [7, 11) is 0. The zero-order valence-corrected chi connectivity index (χ0v) is 19.3. The first-order valence-corrected chi connectivity index (χ1v) is 11.1. The predicted molar refractivity (Wildman–Crippen MR) is 122 cm³/mol. The van der Waals surface area contributed by atoms with Crippen LogP contribution in [0.3, 0.4) is 0 Å². The second-order valence-corrected chi connectivity index (χ2v) is 9.07. The minimum absolute atomic E-state index is 0.00804. The van der Waals surface area contributed by atoms with Crippen molar-refractivity contribution in [1.29, 1.82) is 0 Å². The molecule has 3 N–H and O–H groups in total. The highest BCUT2D eigenvalue weighted by Crippen LogP contribution is 2.44. The number of amides is 2. The van der Waals surface area contributed by atoms with E-state index in [0.29, 0.717) is 0 Å². The van der Waals surface area contributed by atoms with Crippen LogP contribution in [-0.4, -0.2) is 48.4 Å². The molecule has 0 heterocycles. The lowest BCUT2D eigenvalue weighted by Crippen LogP contribution is -2.49. The van der Waals surface area contributed by atoms with Crippen LogP contribution >= 0.6 is 0 Å². The van der Waals surface area contributed by atoms with E-state index >= 15 is 0 Å². The quantitative estimate of drug-likeness (QED) is 0.479. The van der Waals surface area contributed by atoms with E-state index in [2.05, 4.69) is 5.32 Å². The van der Waals surface area contributed by atoms with E-state index < -0.39 is 42.0 Å². The van der Waals surface area contributed by atoms with Crippen molar-refractivity contribution in [2.75, 3.05) is 13.2 Å². The van der Waals surface area contributed by atoms with Crippen LogP contribution in [0.5, 0.6) is 0 Å². The molecule has 0 spiro atoms. The van der Waals surface area contributed by atoms with Crippen LogP contribution in [-0.2, 0) is 14.3 Å².